The van der Waals surface area contributed by atoms with Gasteiger partial charge < -0.3 is 14.8 Å². The van der Waals surface area contributed by atoms with E-state index in [2.05, 4.69) is 20.4 Å². The molecule has 3 heterocycles. The molecular weight excluding hydrogens is 408 g/mol. The van der Waals surface area contributed by atoms with E-state index >= 15 is 0 Å². The number of rotatable bonds is 5. The van der Waals surface area contributed by atoms with Crippen molar-refractivity contribution in [2.24, 2.45) is 0 Å². The van der Waals surface area contributed by atoms with Crippen molar-refractivity contribution in [3.8, 4) is 22.9 Å². The summed E-state index contributed by atoms with van der Waals surface area (Å²) in [5.74, 6) is 2.27. The molecule has 9 heteroatoms. The maximum Gasteiger partial charge on any atom is 0.293 e. The summed E-state index contributed by atoms with van der Waals surface area (Å²) in [7, 11) is 3.22. The highest BCUT2D eigenvalue weighted by molar-refractivity contribution is 5.94. The van der Waals surface area contributed by atoms with Gasteiger partial charge in [0.1, 0.15) is 17.2 Å². The van der Waals surface area contributed by atoms with E-state index in [9.17, 15) is 4.79 Å². The van der Waals surface area contributed by atoms with Crippen LogP contribution in [-0.4, -0.2) is 38.8 Å². The van der Waals surface area contributed by atoms with Crippen LogP contribution >= 0.6 is 0 Å². The molecule has 0 amide bonds. The predicted octanol–water partition coefficient (Wildman–Crippen LogP) is 3.46. The van der Waals surface area contributed by atoms with Gasteiger partial charge in [-0.05, 0) is 54.6 Å². The van der Waals surface area contributed by atoms with E-state index in [1.807, 2.05) is 42.5 Å². The molecule has 32 heavy (non-hydrogen) atoms. The number of nitrogens with one attached hydrogen (secondary N) is 1. The summed E-state index contributed by atoms with van der Waals surface area (Å²) >= 11 is 0. The topological polar surface area (TPSA) is 104 Å². The molecule has 0 saturated carbocycles. The van der Waals surface area contributed by atoms with E-state index in [-0.39, 0.29) is 5.69 Å². The summed E-state index contributed by atoms with van der Waals surface area (Å²) in [6.45, 7) is 0. The Morgan fingerprint density at radius 2 is 1.69 bits per heavy atom. The fourth-order valence-electron chi connectivity index (χ4n) is 3.33. The molecule has 0 aliphatic carbocycles. The Labute approximate surface area is 182 Å². The number of hydrogen-bond acceptors (Lipinski definition) is 8. The molecule has 5 aromatic rings. The highest BCUT2D eigenvalue weighted by atomic mass is 16.5. The van der Waals surface area contributed by atoms with Crippen molar-refractivity contribution in [3.05, 3.63) is 77.2 Å². The van der Waals surface area contributed by atoms with Crippen LogP contribution in [0.3, 0.4) is 0 Å². The van der Waals surface area contributed by atoms with Crippen LogP contribution in [0.4, 0.5) is 11.6 Å². The average molecular weight is 426 g/mol. The Kier molecular flexibility index (Phi) is 4.83. The number of hydrogen-bond donors (Lipinski definition) is 1. The van der Waals surface area contributed by atoms with Gasteiger partial charge in [-0.25, -0.2) is 15.0 Å². The van der Waals surface area contributed by atoms with Crippen LogP contribution in [0.2, 0.25) is 0 Å². The Bertz CT molecular complexity index is 1500. The van der Waals surface area contributed by atoms with E-state index in [0.717, 1.165) is 16.7 Å². The number of ether oxygens (including phenoxy) is 2. The molecule has 0 aliphatic heterocycles. The normalized spacial score (nSPS) is 10.9. The van der Waals surface area contributed by atoms with Gasteiger partial charge in [0, 0.05) is 17.1 Å². The van der Waals surface area contributed by atoms with E-state index in [1.54, 1.807) is 36.9 Å². The third-order valence-electron chi connectivity index (χ3n) is 4.96. The van der Waals surface area contributed by atoms with Crippen molar-refractivity contribution in [2.45, 2.75) is 0 Å². The maximum atomic E-state index is 12.3. The standard InChI is InChI=1S/C23H18N6O3/c1-31-15-8-6-14(7-9-15)20-27-21-17-13-16(32-2)10-11-18(17)25-23(29(21)28-20)26-19-5-3-4-12-24-22(19)30/h3-13H,1-2H3,(H,24,25,26,30). The predicted molar refractivity (Wildman–Crippen MR) is 121 cm³/mol. The number of benzene rings is 2. The molecule has 0 radical (unpaired) electrons. The molecule has 2 aromatic carbocycles. The Balaban J connectivity index is 1.74. The van der Waals surface area contributed by atoms with Gasteiger partial charge >= 0.3 is 0 Å². The minimum Gasteiger partial charge on any atom is -0.497 e. The largest absolute Gasteiger partial charge is 0.497 e. The number of nitrogens with zero attached hydrogens (tertiary/aromatic N) is 5. The smallest absolute Gasteiger partial charge is 0.293 e. The lowest BCUT2D eigenvalue weighted by Crippen LogP contribution is -2.11. The van der Waals surface area contributed by atoms with Gasteiger partial charge in [0.15, 0.2) is 11.5 Å². The third kappa shape index (κ3) is 3.45. The lowest BCUT2D eigenvalue weighted by Gasteiger charge is -2.08. The molecule has 3 aromatic heterocycles. The lowest BCUT2D eigenvalue weighted by atomic mass is 10.2. The lowest BCUT2D eigenvalue weighted by molar-refractivity contribution is 0.415. The summed E-state index contributed by atoms with van der Waals surface area (Å²) in [5.41, 5.74) is 1.93. The number of fused-ring (bicyclic) bond motifs is 3. The molecule has 0 spiro atoms. The van der Waals surface area contributed by atoms with Gasteiger partial charge in [-0.2, -0.15) is 4.52 Å². The average Bonchev–Trinajstić information content (AvgIpc) is 3.19. The van der Waals surface area contributed by atoms with E-state index in [0.29, 0.717) is 28.7 Å². The van der Waals surface area contributed by atoms with Crippen molar-refractivity contribution >= 4 is 28.2 Å². The van der Waals surface area contributed by atoms with Crippen LogP contribution in [0, 0.1) is 0 Å². The fourth-order valence-corrected chi connectivity index (χ4v) is 3.33. The molecular formula is C23H18N6O3. The molecule has 0 saturated heterocycles. The quantitative estimate of drug-likeness (QED) is 0.456. The fraction of sp³-hybridized carbons (Fsp3) is 0.0870. The second-order valence-corrected chi connectivity index (χ2v) is 6.89. The van der Waals surface area contributed by atoms with Gasteiger partial charge in [-0.1, -0.05) is 6.07 Å². The molecule has 0 unspecified atom stereocenters. The van der Waals surface area contributed by atoms with Crippen LogP contribution in [0.15, 0.2) is 71.7 Å². The highest BCUT2D eigenvalue weighted by Gasteiger charge is 2.16. The van der Waals surface area contributed by atoms with Crippen molar-refractivity contribution in [1.82, 2.24) is 24.6 Å². The van der Waals surface area contributed by atoms with Crippen molar-refractivity contribution < 1.29 is 9.47 Å². The second-order valence-electron chi connectivity index (χ2n) is 6.89. The van der Waals surface area contributed by atoms with Crippen molar-refractivity contribution in [3.63, 3.8) is 0 Å². The first-order chi connectivity index (χ1) is 15.7. The zero-order valence-electron chi connectivity index (χ0n) is 17.3. The first kappa shape index (κ1) is 19.4. The molecule has 0 fully saturated rings. The molecule has 0 aliphatic rings. The van der Waals surface area contributed by atoms with Crippen LogP contribution in [0.5, 0.6) is 11.5 Å². The summed E-state index contributed by atoms with van der Waals surface area (Å²) in [4.78, 5) is 25.6. The first-order valence-electron chi connectivity index (χ1n) is 9.77. The zero-order chi connectivity index (χ0) is 22.1. The number of anilines is 2. The molecule has 0 bridgehead atoms. The SMILES string of the molecule is COc1ccc(-c2nc3c4cc(OC)ccc4nc(Nc4ccccnc4=O)n3n2)cc1. The van der Waals surface area contributed by atoms with E-state index < -0.39 is 5.56 Å². The van der Waals surface area contributed by atoms with E-state index in [1.165, 1.54) is 6.20 Å². The Hall–Kier alpha value is -4.53. The summed E-state index contributed by atoms with van der Waals surface area (Å²) < 4.78 is 12.2. The van der Waals surface area contributed by atoms with Crippen LogP contribution in [-0.2, 0) is 0 Å². The van der Waals surface area contributed by atoms with E-state index in [4.69, 9.17) is 14.5 Å². The first-order valence-corrected chi connectivity index (χ1v) is 9.77. The third-order valence-corrected chi connectivity index (χ3v) is 4.96. The number of aromatic nitrogens is 5. The molecule has 9 nitrogen and oxygen atoms in total. The monoisotopic (exact) mass is 426 g/mol. The summed E-state index contributed by atoms with van der Waals surface area (Å²) in [5, 5.41) is 8.49. The Morgan fingerprint density at radius 3 is 2.47 bits per heavy atom. The van der Waals surface area contributed by atoms with Crippen molar-refractivity contribution in [2.75, 3.05) is 19.5 Å². The van der Waals surface area contributed by atoms with Gasteiger partial charge in [0.2, 0.25) is 5.95 Å². The number of methoxy groups -OCH3 is 2. The highest BCUT2D eigenvalue weighted by Crippen LogP contribution is 2.28. The minimum atomic E-state index is -0.407. The molecule has 0 atom stereocenters. The van der Waals surface area contributed by atoms with Crippen LogP contribution in [0.25, 0.3) is 27.9 Å². The van der Waals surface area contributed by atoms with Crippen LogP contribution < -0.4 is 20.3 Å². The second kappa shape index (κ2) is 7.95. The van der Waals surface area contributed by atoms with Gasteiger partial charge in [-0.3, -0.25) is 4.79 Å². The molecule has 5 rings (SSSR count). The summed E-state index contributed by atoms with van der Waals surface area (Å²) in [6, 6.07) is 18.0. The zero-order valence-corrected chi connectivity index (χ0v) is 17.3. The molecule has 158 valence electrons. The van der Waals surface area contributed by atoms with Crippen molar-refractivity contribution in [1.29, 1.82) is 0 Å². The summed E-state index contributed by atoms with van der Waals surface area (Å²) in [6.07, 6.45) is 1.44. The van der Waals surface area contributed by atoms with Gasteiger partial charge in [-0.15, -0.1) is 5.10 Å². The van der Waals surface area contributed by atoms with Crippen LogP contribution in [0.1, 0.15) is 0 Å². The molecule has 1 N–H and O–H groups in total. The van der Waals surface area contributed by atoms with Gasteiger partial charge in [0.05, 0.1) is 19.7 Å². The van der Waals surface area contributed by atoms with Gasteiger partial charge in [0.25, 0.3) is 5.56 Å². The Morgan fingerprint density at radius 1 is 0.906 bits per heavy atom. The minimum absolute atomic E-state index is 0.276. The maximum absolute atomic E-state index is 12.3.